The number of carbonyl (C=O) groups is 1. The molecule has 1 aliphatic heterocycles. The van der Waals surface area contributed by atoms with E-state index >= 15 is 0 Å². The van der Waals surface area contributed by atoms with Crippen LogP contribution in [0.1, 0.15) is 43.1 Å². The van der Waals surface area contributed by atoms with E-state index in [0.29, 0.717) is 24.6 Å². The van der Waals surface area contributed by atoms with Crippen molar-refractivity contribution in [1.29, 1.82) is 0 Å². The van der Waals surface area contributed by atoms with Gasteiger partial charge in [0.25, 0.3) is 0 Å². The highest BCUT2D eigenvalue weighted by Crippen LogP contribution is 2.43. The van der Waals surface area contributed by atoms with Crippen LogP contribution in [0.25, 0.3) is 0 Å². The van der Waals surface area contributed by atoms with E-state index < -0.39 is 11.4 Å². The van der Waals surface area contributed by atoms with Crippen LogP contribution in [-0.4, -0.2) is 46.1 Å². The summed E-state index contributed by atoms with van der Waals surface area (Å²) in [5.41, 5.74) is 0.366. The van der Waals surface area contributed by atoms with Gasteiger partial charge in [0.2, 0.25) is 0 Å². The number of nitrogens with one attached hydrogen (secondary N) is 1. The number of aromatic nitrogens is 2. The van der Waals surface area contributed by atoms with Crippen LogP contribution in [0.4, 0.5) is 0 Å². The van der Waals surface area contributed by atoms with Crippen molar-refractivity contribution in [2.24, 2.45) is 0 Å². The Hall–Kier alpha value is -1.36. The highest BCUT2D eigenvalue weighted by molar-refractivity contribution is 5.81. The fourth-order valence-corrected chi connectivity index (χ4v) is 3.06. The molecular formula is C13H19N3O2. The maximum absolute atomic E-state index is 11.4. The number of hydrogen-bond acceptors (Lipinski definition) is 3. The van der Waals surface area contributed by atoms with Crippen molar-refractivity contribution in [2.45, 2.75) is 37.0 Å². The van der Waals surface area contributed by atoms with Crippen LogP contribution in [0.15, 0.2) is 6.20 Å². The number of aliphatic carboxylic acids is 1. The summed E-state index contributed by atoms with van der Waals surface area (Å²) in [5, 5.41) is 9.39. The zero-order valence-corrected chi connectivity index (χ0v) is 10.6. The average molecular weight is 249 g/mol. The van der Waals surface area contributed by atoms with Crippen LogP contribution in [0.5, 0.6) is 0 Å². The molecule has 1 aliphatic carbocycles. The van der Waals surface area contributed by atoms with E-state index in [2.05, 4.69) is 21.9 Å². The molecule has 1 atom stereocenters. The van der Waals surface area contributed by atoms with Gasteiger partial charge in [-0.1, -0.05) is 6.42 Å². The smallest absolute Gasteiger partial charge is 0.317 e. The number of likely N-dealkylation sites (N-methyl/N-ethyl adjacent to an activating group) is 1. The highest BCUT2D eigenvalue weighted by Gasteiger charge is 2.48. The number of imidazole rings is 1. The third kappa shape index (κ3) is 1.65. The Morgan fingerprint density at radius 2 is 2.39 bits per heavy atom. The maximum Gasteiger partial charge on any atom is 0.317 e. The van der Waals surface area contributed by atoms with Crippen molar-refractivity contribution in [3.8, 4) is 0 Å². The molecule has 1 aromatic heterocycles. The van der Waals surface area contributed by atoms with Gasteiger partial charge in [0.05, 0.1) is 0 Å². The number of H-pyrrole nitrogens is 1. The number of carboxylic acid groups (broad SMARTS) is 1. The van der Waals surface area contributed by atoms with Gasteiger partial charge in [-0.15, -0.1) is 0 Å². The second-order valence-corrected chi connectivity index (χ2v) is 5.68. The van der Waals surface area contributed by atoms with Gasteiger partial charge in [-0.05, 0) is 32.9 Å². The summed E-state index contributed by atoms with van der Waals surface area (Å²) >= 11 is 0. The van der Waals surface area contributed by atoms with Gasteiger partial charge in [-0.25, -0.2) is 4.98 Å². The molecule has 2 fully saturated rings. The van der Waals surface area contributed by atoms with E-state index in [4.69, 9.17) is 0 Å². The molecule has 1 saturated carbocycles. The summed E-state index contributed by atoms with van der Waals surface area (Å²) in [4.78, 5) is 21.3. The number of carboxylic acids is 1. The topological polar surface area (TPSA) is 69.2 Å². The Balaban J connectivity index is 1.83. The maximum atomic E-state index is 11.4. The largest absolute Gasteiger partial charge is 0.480 e. The van der Waals surface area contributed by atoms with Crippen LogP contribution in [0, 0.1) is 0 Å². The Bertz CT molecular complexity index is 465. The Kier molecular flexibility index (Phi) is 2.66. The van der Waals surface area contributed by atoms with E-state index in [1.165, 1.54) is 0 Å². The van der Waals surface area contributed by atoms with Crippen molar-refractivity contribution in [2.75, 3.05) is 20.1 Å². The number of likely N-dealkylation sites (tertiary alicyclic amines) is 1. The predicted octanol–water partition coefficient (Wildman–Crippen LogP) is 1.34. The third-order valence-corrected chi connectivity index (χ3v) is 4.50. The monoisotopic (exact) mass is 249 g/mol. The van der Waals surface area contributed by atoms with Gasteiger partial charge in [0.15, 0.2) is 0 Å². The van der Waals surface area contributed by atoms with Gasteiger partial charge in [-0.3, -0.25) is 4.79 Å². The molecule has 2 heterocycles. The van der Waals surface area contributed by atoms with Crippen molar-refractivity contribution in [3.63, 3.8) is 0 Å². The van der Waals surface area contributed by atoms with E-state index in [1.54, 1.807) is 0 Å². The third-order valence-electron chi connectivity index (χ3n) is 4.50. The first kappa shape index (κ1) is 11.7. The number of hydrogen-bond donors (Lipinski definition) is 2. The summed E-state index contributed by atoms with van der Waals surface area (Å²) in [6, 6.07) is 0. The first-order valence-corrected chi connectivity index (χ1v) is 6.59. The summed E-state index contributed by atoms with van der Waals surface area (Å²) in [5.74, 6) is 0.395. The first-order valence-electron chi connectivity index (χ1n) is 6.59. The molecule has 5 nitrogen and oxygen atoms in total. The van der Waals surface area contributed by atoms with Crippen molar-refractivity contribution in [1.82, 2.24) is 14.9 Å². The van der Waals surface area contributed by atoms with Crippen LogP contribution in [0.3, 0.4) is 0 Å². The van der Waals surface area contributed by atoms with Crippen LogP contribution >= 0.6 is 0 Å². The number of rotatable bonds is 3. The molecule has 0 spiro atoms. The minimum absolute atomic E-state index is 0.474. The number of aromatic amines is 1. The molecule has 2 aliphatic rings. The van der Waals surface area contributed by atoms with Gasteiger partial charge >= 0.3 is 5.97 Å². The van der Waals surface area contributed by atoms with Crippen LogP contribution < -0.4 is 0 Å². The zero-order chi connectivity index (χ0) is 12.8. The Labute approximate surface area is 106 Å². The molecule has 3 rings (SSSR count). The lowest BCUT2D eigenvalue weighted by Crippen LogP contribution is -2.43. The first-order chi connectivity index (χ1) is 8.62. The zero-order valence-electron chi connectivity index (χ0n) is 10.6. The van der Waals surface area contributed by atoms with Crippen LogP contribution in [0.2, 0.25) is 0 Å². The SMILES string of the molecule is CN1CCC(c2cnc(C3(C(=O)O)CCC3)[nH]2)C1. The molecule has 1 aromatic rings. The fourth-order valence-electron chi connectivity index (χ4n) is 3.06. The molecule has 1 saturated heterocycles. The van der Waals surface area contributed by atoms with Gasteiger partial charge in [0, 0.05) is 24.4 Å². The van der Waals surface area contributed by atoms with Crippen LogP contribution in [-0.2, 0) is 10.2 Å². The van der Waals surface area contributed by atoms with E-state index in [1.807, 2.05) is 6.20 Å². The summed E-state index contributed by atoms with van der Waals surface area (Å²) in [6.07, 6.45) is 5.36. The summed E-state index contributed by atoms with van der Waals surface area (Å²) in [6.45, 7) is 2.13. The predicted molar refractivity (Wildman–Crippen MR) is 66.6 cm³/mol. The minimum atomic E-state index is -0.738. The second kappa shape index (κ2) is 4.09. The fraction of sp³-hybridized carbons (Fsp3) is 0.692. The molecule has 0 aromatic carbocycles. The second-order valence-electron chi connectivity index (χ2n) is 5.68. The highest BCUT2D eigenvalue weighted by atomic mass is 16.4. The van der Waals surface area contributed by atoms with Crippen molar-refractivity contribution in [3.05, 3.63) is 17.7 Å². The minimum Gasteiger partial charge on any atom is -0.480 e. The van der Waals surface area contributed by atoms with Gasteiger partial charge in [-0.2, -0.15) is 0 Å². The lowest BCUT2D eigenvalue weighted by molar-refractivity contribution is -0.147. The molecule has 98 valence electrons. The Morgan fingerprint density at radius 1 is 1.61 bits per heavy atom. The molecule has 2 N–H and O–H groups in total. The lowest BCUT2D eigenvalue weighted by Gasteiger charge is -2.35. The molecule has 18 heavy (non-hydrogen) atoms. The summed E-state index contributed by atoms with van der Waals surface area (Å²) < 4.78 is 0. The Morgan fingerprint density at radius 3 is 2.89 bits per heavy atom. The summed E-state index contributed by atoms with van der Waals surface area (Å²) in [7, 11) is 2.11. The van der Waals surface area contributed by atoms with E-state index in [-0.39, 0.29) is 0 Å². The standard InChI is InChI=1S/C13H19N3O2/c1-16-6-3-9(8-16)10-7-14-11(15-10)13(12(17)18)4-2-5-13/h7,9H,2-6,8H2,1H3,(H,14,15)(H,17,18). The molecule has 5 heteroatoms. The van der Waals surface area contributed by atoms with Crippen molar-refractivity contribution < 1.29 is 9.90 Å². The molecule has 0 amide bonds. The van der Waals surface area contributed by atoms with Crippen molar-refractivity contribution >= 4 is 5.97 Å². The molecule has 0 radical (unpaired) electrons. The quantitative estimate of drug-likeness (QED) is 0.848. The van der Waals surface area contributed by atoms with E-state index in [0.717, 1.165) is 31.6 Å². The molecular weight excluding hydrogens is 230 g/mol. The molecule has 0 bridgehead atoms. The average Bonchev–Trinajstić information content (AvgIpc) is 2.84. The number of nitrogens with zero attached hydrogens (tertiary/aromatic N) is 2. The normalized spacial score (nSPS) is 27.1. The molecule has 1 unspecified atom stereocenters. The van der Waals surface area contributed by atoms with Gasteiger partial charge < -0.3 is 15.0 Å². The lowest BCUT2D eigenvalue weighted by atomic mass is 9.68. The van der Waals surface area contributed by atoms with Gasteiger partial charge in [0.1, 0.15) is 11.2 Å². The van der Waals surface area contributed by atoms with E-state index in [9.17, 15) is 9.90 Å².